The molecule has 0 atom stereocenters. The molecule has 3 aromatic rings. The Kier molecular flexibility index (Phi) is 3.96. The molecule has 1 aromatic heterocycles. The lowest BCUT2D eigenvalue weighted by atomic mass is 10.1. The molecule has 3 rings (SSSR count). The van der Waals surface area contributed by atoms with Crippen LogP contribution in [0, 0.1) is 11.3 Å². The van der Waals surface area contributed by atoms with Gasteiger partial charge in [-0.15, -0.1) is 11.6 Å². The fourth-order valence-electron chi connectivity index (χ4n) is 2.35. The van der Waals surface area contributed by atoms with E-state index in [4.69, 9.17) is 16.9 Å². The Bertz CT molecular complexity index is 848. The number of halogens is 2. The molecular weight excluding hydrogens is 350 g/mol. The first kappa shape index (κ1) is 14.1. The third kappa shape index (κ3) is 2.80. The second-order valence-corrected chi connectivity index (χ2v) is 5.88. The molecular formula is C16H11BrClN3. The number of benzene rings is 2. The second kappa shape index (κ2) is 5.88. The molecule has 2 aromatic carbocycles. The maximum absolute atomic E-state index is 9.00. The molecule has 0 amide bonds. The molecule has 0 saturated heterocycles. The monoisotopic (exact) mass is 359 g/mol. The van der Waals surface area contributed by atoms with E-state index in [1.807, 2.05) is 36.4 Å². The van der Waals surface area contributed by atoms with Gasteiger partial charge in [0.05, 0.1) is 28.5 Å². The summed E-state index contributed by atoms with van der Waals surface area (Å²) in [4.78, 5) is 4.56. The molecule has 0 fully saturated rings. The van der Waals surface area contributed by atoms with Crippen molar-refractivity contribution in [2.75, 3.05) is 0 Å². The summed E-state index contributed by atoms with van der Waals surface area (Å²) < 4.78 is 3.09. The molecule has 0 aliphatic carbocycles. The van der Waals surface area contributed by atoms with E-state index < -0.39 is 0 Å². The van der Waals surface area contributed by atoms with Crippen molar-refractivity contribution in [3.8, 4) is 6.07 Å². The van der Waals surface area contributed by atoms with Crippen LogP contribution in [0.2, 0.25) is 0 Å². The molecule has 0 radical (unpaired) electrons. The number of nitriles is 1. The van der Waals surface area contributed by atoms with E-state index in [0.29, 0.717) is 18.0 Å². The van der Waals surface area contributed by atoms with Gasteiger partial charge in [0.15, 0.2) is 0 Å². The van der Waals surface area contributed by atoms with Gasteiger partial charge in [-0.3, -0.25) is 0 Å². The van der Waals surface area contributed by atoms with E-state index in [1.54, 1.807) is 6.07 Å². The van der Waals surface area contributed by atoms with E-state index in [9.17, 15) is 0 Å². The van der Waals surface area contributed by atoms with E-state index in [1.165, 1.54) is 0 Å². The largest absolute Gasteiger partial charge is 0.322 e. The van der Waals surface area contributed by atoms with Crippen LogP contribution in [-0.4, -0.2) is 9.55 Å². The van der Waals surface area contributed by atoms with Crippen molar-refractivity contribution in [2.24, 2.45) is 0 Å². The minimum absolute atomic E-state index is 0.351. The number of hydrogen-bond acceptors (Lipinski definition) is 2. The highest BCUT2D eigenvalue weighted by Crippen LogP contribution is 2.23. The van der Waals surface area contributed by atoms with Crippen molar-refractivity contribution in [1.29, 1.82) is 5.26 Å². The average Bonchev–Trinajstić information content (AvgIpc) is 2.85. The summed E-state index contributed by atoms with van der Waals surface area (Å²) in [6, 6.07) is 15.7. The molecule has 0 N–H and O–H groups in total. The van der Waals surface area contributed by atoms with Crippen molar-refractivity contribution in [1.82, 2.24) is 9.55 Å². The van der Waals surface area contributed by atoms with Gasteiger partial charge in [-0.2, -0.15) is 5.26 Å². The number of rotatable bonds is 3. The molecule has 5 heteroatoms. The van der Waals surface area contributed by atoms with Gasteiger partial charge >= 0.3 is 0 Å². The average molecular weight is 361 g/mol. The van der Waals surface area contributed by atoms with Gasteiger partial charge < -0.3 is 4.57 Å². The Labute approximate surface area is 135 Å². The zero-order valence-corrected chi connectivity index (χ0v) is 13.4. The minimum atomic E-state index is 0.351. The highest BCUT2D eigenvalue weighted by atomic mass is 79.9. The lowest BCUT2D eigenvalue weighted by molar-refractivity contribution is 0.778. The molecule has 1 heterocycles. The van der Waals surface area contributed by atoms with Gasteiger partial charge in [0.1, 0.15) is 5.82 Å². The number of imidazole rings is 1. The summed E-state index contributed by atoms with van der Waals surface area (Å²) in [6.07, 6.45) is 0. The van der Waals surface area contributed by atoms with Gasteiger partial charge in [-0.25, -0.2) is 4.98 Å². The van der Waals surface area contributed by atoms with Crippen molar-refractivity contribution in [3.05, 3.63) is 63.9 Å². The molecule has 0 saturated carbocycles. The first-order valence-electron chi connectivity index (χ1n) is 6.41. The van der Waals surface area contributed by atoms with Gasteiger partial charge in [0, 0.05) is 11.0 Å². The van der Waals surface area contributed by atoms with Crippen molar-refractivity contribution in [2.45, 2.75) is 12.4 Å². The van der Waals surface area contributed by atoms with E-state index in [0.717, 1.165) is 26.9 Å². The van der Waals surface area contributed by atoms with Crippen LogP contribution in [0.3, 0.4) is 0 Å². The van der Waals surface area contributed by atoms with E-state index >= 15 is 0 Å². The Hall–Kier alpha value is -1.83. The van der Waals surface area contributed by atoms with Crippen LogP contribution in [0.25, 0.3) is 11.0 Å². The van der Waals surface area contributed by atoms with Crippen LogP contribution in [0.15, 0.2) is 46.9 Å². The molecule has 0 unspecified atom stereocenters. The second-order valence-electron chi connectivity index (χ2n) is 4.69. The quantitative estimate of drug-likeness (QED) is 0.647. The van der Waals surface area contributed by atoms with Crippen LogP contribution in [-0.2, 0) is 12.4 Å². The van der Waals surface area contributed by atoms with E-state index in [2.05, 4.69) is 31.6 Å². The Morgan fingerprint density at radius 1 is 1.24 bits per heavy atom. The van der Waals surface area contributed by atoms with Crippen LogP contribution >= 0.6 is 27.5 Å². The number of fused-ring (bicyclic) bond motifs is 1. The number of aromatic nitrogens is 2. The zero-order valence-electron chi connectivity index (χ0n) is 11.1. The van der Waals surface area contributed by atoms with Gasteiger partial charge in [0.2, 0.25) is 0 Å². The summed E-state index contributed by atoms with van der Waals surface area (Å²) in [5.41, 5.74) is 3.66. The number of hydrogen-bond donors (Lipinski definition) is 0. The minimum Gasteiger partial charge on any atom is -0.322 e. The maximum Gasteiger partial charge on any atom is 0.125 e. The molecule has 104 valence electrons. The van der Waals surface area contributed by atoms with Gasteiger partial charge in [-0.05, 0) is 35.9 Å². The van der Waals surface area contributed by atoms with Crippen molar-refractivity contribution in [3.63, 3.8) is 0 Å². The molecule has 0 aliphatic rings. The third-order valence-electron chi connectivity index (χ3n) is 3.31. The summed E-state index contributed by atoms with van der Waals surface area (Å²) in [5.74, 6) is 1.18. The first-order chi connectivity index (χ1) is 10.2. The summed E-state index contributed by atoms with van der Waals surface area (Å²) in [5, 5.41) is 9.00. The fraction of sp³-hybridized carbons (Fsp3) is 0.125. The highest BCUT2D eigenvalue weighted by molar-refractivity contribution is 9.10. The van der Waals surface area contributed by atoms with Gasteiger partial charge in [-0.1, -0.05) is 28.1 Å². The first-order valence-corrected chi connectivity index (χ1v) is 7.73. The Morgan fingerprint density at radius 2 is 2.10 bits per heavy atom. The predicted octanol–water partition coefficient (Wildman–Crippen LogP) is 4.46. The normalized spacial score (nSPS) is 10.7. The highest BCUT2D eigenvalue weighted by Gasteiger charge is 2.11. The summed E-state index contributed by atoms with van der Waals surface area (Å²) >= 11 is 9.51. The molecule has 0 spiro atoms. The summed E-state index contributed by atoms with van der Waals surface area (Å²) in [7, 11) is 0. The Balaban J connectivity index is 2.10. The molecule has 3 nitrogen and oxygen atoms in total. The molecule has 21 heavy (non-hydrogen) atoms. The van der Waals surface area contributed by atoms with E-state index in [-0.39, 0.29) is 0 Å². The lowest BCUT2D eigenvalue weighted by Gasteiger charge is -2.08. The topological polar surface area (TPSA) is 41.6 Å². The third-order valence-corrected chi connectivity index (χ3v) is 4.04. The number of nitrogens with zero attached hydrogens (tertiary/aromatic N) is 3. The smallest absolute Gasteiger partial charge is 0.125 e. The predicted molar refractivity (Wildman–Crippen MR) is 87.2 cm³/mol. The maximum atomic E-state index is 9.00. The SMILES string of the molecule is N#Cc1cccc(Cn2c(CCl)nc3ccc(Br)cc32)c1. The molecule has 0 aliphatic heterocycles. The van der Waals surface area contributed by atoms with Crippen molar-refractivity contribution < 1.29 is 0 Å². The van der Waals surface area contributed by atoms with Crippen LogP contribution in [0.4, 0.5) is 0 Å². The van der Waals surface area contributed by atoms with Crippen LogP contribution in [0.5, 0.6) is 0 Å². The standard InChI is InChI=1S/C16H11BrClN3/c17-13-4-5-14-15(7-13)21(16(8-18)20-14)10-12-3-1-2-11(6-12)9-19/h1-7H,8,10H2. The van der Waals surface area contributed by atoms with Crippen molar-refractivity contribution >= 4 is 38.6 Å². The number of alkyl halides is 1. The zero-order chi connectivity index (χ0) is 14.8. The lowest BCUT2D eigenvalue weighted by Crippen LogP contribution is -2.04. The van der Waals surface area contributed by atoms with Gasteiger partial charge in [0.25, 0.3) is 0 Å². The van der Waals surface area contributed by atoms with Crippen LogP contribution in [0.1, 0.15) is 17.0 Å². The molecule has 0 bridgehead atoms. The van der Waals surface area contributed by atoms with Crippen LogP contribution < -0.4 is 0 Å². The Morgan fingerprint density at radius 3 is 2.86 bits per heavy atom. The summed E-state index contributed by atoms with van der Waals surface area (Å²) in [6.45, 7) is 0.643. The fourth-order valence-corrected chi connectivity index (χ4v) is 2.90.